The Morgan fingerprint density at radius 2 is 1.76 bits per heavy atom. The fourth-order valence-electron chi connectivity index (χ4n) is 2.28. The van der Waals surface area contributed by atoms with Crippen molar-refractivity contribution in [3.63, 3.8) is 0 Å². The molecular weight excluding hydrogens is 258 g/mol. The van der Waals surface area contributed by atoms with Gasteiger partial charge in [0, 0.05) is 6.61 Å². The van der Waals surface area contributed by atoms with Gasteiger partial charge in [-0.2, -0.15) is 0 Å². The van der Waals surface area contributed by atoms with E-state index >= 15 is 0 Å². The normalized spacial score (nSPS) is 15.0. The van der Waals surface area contributed by atoms with Gasteiger partial charge in [0.1, 0.15) is 0 Å². The van der Waals surface area contributed by atoms with Gasteiger partial charge in [-0.25, -0.2) is 0 Å². The average molecular weight is 291 g/mol. The second-order valence-electron chi connectivity index (χ2n) is 7.23. The van der Waals surface area contributed by atoms with Gasteiger partial charge in [-0.05, 0) is 44.2 Å². The molecule has 1 aromatic rings. The lowest BCUT2D eigenvalue weighted by atomic mass is 9.93. The highest BCUT2D eigenvalue weighted by Crippen LogP contribution is 2.23. The van der Waals surface area contributed by atoms with Gasteiger partial charge in [-0.15, -0.1) is 0 Å². The van der Waals surface area contributed by atoms with Crippen LogP contribution >= 0.6 is 0 Å². The van der Waals surface area contributed by atoms with E-state index in [1.807, 2.05) is 0 Å². The zero-order valence-corrected chi connectivity index (χ0v) is 14.7. The van der Waals surface area contributed by atoms with Crippen LogP contribution in [0, 0.1) is 12.3 Å². The topological polar surface area (TPSA) is 21.3 Å². The molecule has 120 valence electrons. The summed E-state index contributed by atoms with van der Waals surface area (Å²) in [7, 11) is 0. The van der Waals surface area contributed by atoms with Gasteiger partial charge in [0.2, 0.25) is 0 Å². The van der Waals surface area contributed by atoms with E-state index < -0.39 is 0 Å². The van der Waals surface area contributed by atoms with Gasteiger partial charge in [0.15, 0.2) is 0 Å². The summed E-state index contributed by atoms with van der Waals surface area (Å²) in [6.45, 7) is 15.1. The lowest BCUT2D eigenvalue weighted by Crippen LogP contribution is -2.33. The lowest BCUT2D eigenvalue weighted by Gasteiger charge is -2.27. The third-order valence-corrected chi connectivity index (χ3v) is 3.75. The van der Waals surface area contributed by atoms with Crippen LogP contribution in [0.2, 0.25) is 0 Å². The van der Waals surface area contributed by atoms with Crippen molar-refractivity contribution in [2.45, 2.75) is 66.5 Å². The number of aryl methyl sites for hydroxylation is 1. The number of benzene rings is 1. The predicted molar refractivity (Wildman–Crippen MR) is 91.7 cm³/mol. The van der Waals surface area contributed by atoms with Gasteiger partial charge in [0.05, 0.1) is 12.1 Å². The highest BCUT2D eigenvalue weighted by Gasteiger charge is 2.20. The fraction of sp³-hybridized carbons (Fsp3) is 0.684. The Morgan fingerprint density at radius 1 is 1.14 bits per heavy atom. The van der Waals surface area contributed by atoms with Gasteiger partial charge >= 0.3 is 0 Å². The third-order valence-electron chi connectivity index (χ3n) is 3.75. The Labute approximate surface area is 131 Å². The average Bonchev–Trinajstić information content (AvgIpc) is 2.39. The van der Waals surface area contributed by atoms with E-state index in [1.165, 1.54) is 11.1 Å². The molecule has 0 saturated heterocycles. The smallest absolute Gasteiger partial charge is 0.0741 e. The molecule has 1 N–H and O–H groups in total. The van der Waals surface area contributed by atoms with E-state index in [9.17, 15) is 0 Å². The molecule has 0 saturated carbocycles. The zero-order valence-electron chi connectivity index (χ0n) is 14.7. The third kappa shape index (κ3) is 7.10. The molecule has 0 aromatic heterocycles. The summed E-state index contributed by atoms with van der Waals surface area (Å²) in [6.07, 6.45) is 2.41. The molecular formula is C19H33NO. The summed E-state index contributed by atoms with van der Waals surface area (Å²) in [6, 6.07) is 9.05. The largest absolute Gasteiger partial charge is 0.377 e. The van der Waals surface area contributed by atoms with Crippen LogP contribution in [-0.2, 0) is 4.74 Å². The summed E-state index contributed by atoms with van der Waals surface area (Å²) in [4.78, 5) is 0. The molecule has 1 rings (SSSR count). The molecule has 21 heavy (non-hydrogen) atoms. The Hall–Kier alpha value is -0.860. The number of hydrogen-bond donors (Lipinski definition) is 1. The summed E-state index contributed by atoms with van der Waals surface area (Å²) in [5.41, 5.74) is 2.95. The van der Waals surface area contributed by atoms with Gasteiger partial charge in [-0.3, -0.25) is 0 Å². The summed E-state index contributed by atoms with van der Waals surface area (Å²) in [5, 5.41) is 3.63. The van der Waals surface area contributed by atoms with E-state index in [2.05, 4.69) is 71.1 Å². The SMILES string of the molecule is CCCNC(c1ccc(C)cc1)C(C)OCCC(C)(C)C. The number of ether oxygens (including phenoxy) is 1. The monoisotopic (exact) mass is 291 g/mol. The van der Waals surface area contributed by atoms with Gasteiger partial charge in [0.25, 0.3) is 0 Å². The quantitative estimate of drug-likeness (QED) is 0.737. The van der Waals surface area contributed by atoms with Crippen molar-refractivity contribution in [3.05, 3.63) is 35.4 Å². The van der Waals surface area contributed by atoms with E-state index in [0.717, 1.165) is 26.0 Å². The molecule has 0 aliphatic rings. The van der Waals surface area contributed by atoms with Crippen LogP contribution < -0.4 is 5.32 Å². The van der Waals surface area contributed by atoms with Crippen molar-refractivity contribution in [2.75, 3.05) is 13.2 Å². The minimum atomic E-state index is 0.182. The molecule has 0 heterocycles. The van der Waals surface area contributed by atoms with Crippen molar-refractivity contribution in [2.24, 2.45) is 5.41 Å². The van der Waals surface area contributed by atoms with Crippen LogP contribution in [0.4, 0.5) is 0 Å². The first-order valence-corrected chi connectivity index (χ1v) is 8.25. The molecule has 1 aromatic carbocycles. The maximum atomic E-state index is 6.10. The molecule has 0 bridgehead atoms. The second kappa shape index (κ2) is 8.55. The number of hydrogen-bond acceptors (Lipinski definition) is 2. The summed E-state index contributed by atoms with van der Waals surface area (Å²) < 4.78 is 6.10. The van der Waals surface area contributed by atoms with E-state index in [1.54, 1.807) is 0 Å². The zero-order chi connectivity index (χ0) is 15.9. The van der Waals surface area contributed by atoms with Crippen molar-refractivity contribution in [1.82, 2.24) is 5.32 Å². The lowest BCUT2D eigenvalue weighted by molar-refractivity contribution is 0.0249. The Bertz CT molecular complexity index is 391. The van der Waals surface area contributed by atoms with Crippen LogP contribution in [0.3, 0.4) is 0 Å². The molecule has 0 aliphatic carbocycles. The van der Waals surface area contributed by atoms with E-state index in [4.69, 9.17) is 4.74 Å². The Kier molecular flexibility index (Phi) is 7.41. The Balaban J connectivity index is 2.65. The van der Waals surface area contributed by atoms with E-state index in [0.29, 0.717) is 5.41 Å². The minimum Gasteiger partial charge on any atom is -0.377 e. The maximum Gasteiger partial charge on any atom is 0.0741 e. The van der Waals surface area contributed by atoms with Crippen LogP contribution in [0.5, 0.6) is 0 Å². The van der Waals surface area contributed by atoms with Crippen molar-refractivity contribution in [3.8, 4) is 0 Å². The molecule has 2 heteroatoms. The highest BCUT2D eigenvalue weighted by atomic mass is 16.5. The van der Waals surface area contributed by atoms with Gasteiger partial charge in [-0.1, -0.05) is 57.5 Å². The number of rotatable bonds is 8. The van der Waals surface area contributed by atoms with Crippen molar-refractivity contribution in [1.29, 1.82) is 0 Å². The highest BCUT2D eigenvalue weighted by molar-refractivity contribution is 5.24. The summed E-state index contributed by atoms with van der Waals surface area (Å²) in [5.74, 6) is 0. The van der Waals surface area contributed by atoms with Gasteiger partial charge < -0.3 is 10.1 Å². The molecule has 0 amide bonds. The molecule has 2 nitrogen and oxygen atoms in total. The fourth-order valence-corrected chi connectivity index (χ4v) is 2.28. The number of nitrogens with one attached hydrogen (secondary N) is 1. The van der Waals surface area contributed by atoms with Crippen LogP contribution in [0.25, 0.3) is 0 Å². The maximum absolute atomic E-state index is 6.10. The predicted octanol–water partition coefficient (Wildman–Crippen LogP) is 4.88. The molecule has 0 radical (unpaired) electrons. The minimum absolute atomic E-state index is 0.182. The first-order valence-electron chi connectivity index (χ1n) is 8.25. The van der Waals surface area contributed by atoms with E-state index in [-0.39, 0.29) is 12.1 Å². The molecule has 2 atom stereocenters. The first kappa shape index (κ1) is 18.2. The summed E-state index contributed by atoms with van der Waals surface area (Å²) >= 11 is 0. The van der Waals surface area contributed by atoms with Crippen LogP contribution in [0.1, 0.15) is 64.6 Å². The molecule has 0 fully saturated rings. The molecule has 2 unspecified atom stereocenters. The first-order chi connectivity index (χ1) is 9.83. The Morgan fingerprint density at radius 3 is 2.29 bits per heavy atom. The van der Waals surface area contributed by atoms with Crippen molar-refractivity contribution < 1.29 is 4.74 Å². The molecule has 0 spiro atoms. The molecule has 0 aliphatic heterocycles. The van der Waals surface area contributed by atoms with Crippen LogP contribution in [0.15, 0.2) is 24.3 Å². The van der Waals surface area contributed by atoms with Crippen LogP contribution in [-0.4, -0.2) is 19.3 Å². The van der Waals surface area contributed by atoms with Crippen molar-refractivity contribution >= 4 is 0 Å². The second-order valence-corrected chi connectivity index (χ2v) is 7.23. The standard InChI is InChI=1S/C19H33NO/c1-7-13-20-18(17-10-8-15(2)9-11-17)16(3)21-14-12-19(4,5)6/h8-11,16,18,20H,7,12-14H2,1-6H3.